The number of pyridine rings is 1. The third-order valence-corrected chi connectivity index (χ3v) is 4.62. The number of hydrogen-bond donors (Lipinski definition) is 1. The zero-order valence-corrected chi connectivity index (χ0v) is 13.3. The molecule has 0 fully saturated rings. The molecule has 6 heteroatoms. The molecule has 0 saturated heterocycles. The summed E-state index contributed by atoms with van der Waals surface area (Å²) in [5, 5.41) is 5.71. The van der Waals surface area contributed by atoms with Crippen LogP contribution in [0.15, 0.2) is 48.0 Å². The monoisotopic (exact) mass is 322 g/mol. The Hall–Kier alpha value is -2.73. The molecule has 1 aliphatic rings. The van der Waals surface area contributed by atoms with Crippen LogP contribution in [0.5, 0.6) is 0 Å². The SMILES string of the molecule is Cc1cc(-c2nc(N3Cc4ccccc4NC3=O)cs2)ccn1. The molecule has 0 bridgehead atoms. The summed E-state index contributed by atoms with van der Waals surface area (Å²) in [6.45, 7) is 2.48. The molecule has 3 heterocycles. The maximum Gasteiger partial charge on any atom is 0.327 e. The number of fused-ring (bicyclic) bond motifs is 1. The highest BCUT2D eigenvalue weighted by Gasteiger charge is 2.25. The second-order valence-corrected chi connectivity index (χ2v) is 6.23. The predicted molar refractivity (Wildman–Crippen MR) is 91.7 cm³/mol. The Morgan fingerprint density at radius 2 is 2.13 bits per heavy atom. The summed E-state index contributed by atoms with van der Waals surface area (Å²) >= 11 is 1.53. The number of nitrogens with one attached hydrogen (secondary N) is 1. The fourth-order valence-electron chi connectivity index (χ4n) is 2.59. The molecule has 0 unspecified atom stereocenters. The number of aryl methyl sites for hydroxylation is 1. The van der Waals surface area contributed by atoms with Gasteiger partial charge in [0, 0.05) is 28.5 Å². The molecule has 3 aromatic rings. The number of urea groups is 1. The summed E-state index contributed by atoms with van der Waals surface area (Å²) in [6.07, 6.45) is 1.77. The van der Waals surface area contributed by atoms with Crippen molar-refractivity contribution < 1.29 is 4.79 Å². The third kappa shape index (κ3) is 2.57. The third-order valence-electron chi connectivity index (χ3n) is 3.74. The predicted octanol–water partition coefficient (Wildman–Crippen LogP) is 4.07. The first kappa shape index (κ1) is 13.9. The van der Waals surface area contributed by atoms with Gasteiger partial charge < -0.3 is 5.32 Å². The van der Waals surface area contributed by atoms with E-state index in [1.165, 1.54) is 11.3 Å². The average Bonchev–Trinajstić information content (AvgIpc) is 3.04. The largest absolute Gasteiger partial charge is 0.327 e. The van der Waals surface area contributed by atoms with Crippen LogP contribution in [-0.4, -0.2) is 16.0 Å². The first-order valence-corrected chi connectivity index (χ1v) is 8.14. The van der Waals surface area contributed by atoms with Crippen molar-refractivity contribution in [1.82, 2.24) is 9.97 Å². The smallest absolute Gasteiger partial charge is 0.307 e. The molecule has 4 rings (SSSR count). The minimum Gasteiger partial charge on any atom is -0.307 e. The standard InChI is InChI=1S/C17H14N4OS/c1-11-8-12(6-7-18-11)16-20-15(10-23-16)21-9-13-4-2-3-5-14(13)19-17(21)22/h2-8,10H,9H2,1H3,(H,19,22). The van der Waals surface area contributed by atoms with E-state index in [4.69, 9.17) is 0 Å². The van der Waals surface area contributed by atoms with Gasteiger partial charge in [-0.25, -0.2) is 9.78 Å². The number of benzene rings is 1. The number of carbonyl (C=O) groups is 1. The molecular weight excluding hydrogens is 308 g/mol. The Morgan fingerprint density at radius 3 is 3.00 bits per heavy atom. The summed E-state index contributed by atoms with van der Waals surface area (Å²) in [5.74, 6) is 0.673. The van der Waals surface area contributed by atoms with E-state index < -0.39 is 0 Å². The van der Waals surface area contributed by atoms with Crippen LogP contribution in [0, 0.1) is 6.92 Å². The molecule has 114 valence electrons. The Labute approximate surface area is 137 Å². The van der Waals surface area contributed by atoms with Gasteiger partial charge in [-0.1, -0.05) is 18.2 Å². The van der Waals surface area contributed by atoms with Crippen LogP contribution in [0.2, 0.25) is 0 Å². The molecule has 23 heavy (non-hydrogen) atoms. The van der Waals surface area contributed by atoms with E-state index in [9.17, 15) is 4.79 Å². The number of aromatic nitrogens is 2. The summed E-state index contributed by atoms with van der Waals surface area (Å²) < 4.78 is 0. The van der Waals surface area contributed by atoms with E-state index >= 15 is 0 Å². The molecular formula is C17H14N4OS. The number of carbonyl (C=O) groups excluding carboxylic acids is 1. The van der Waals surface area contributed by atoms with Crippen molar-refractivity contribution in [2.24, 2.45) is 0 Å². The van der Waals surface area contributed by atoms with Gasteiger partial charge >= 0.3 is 6.03 Å². The normalized spacial score (nSPS) is 13.6. The zero-order chi connectivity index (χ0) is 15.8. The van der Waals surface area contributed by atoms with Crippen LogP contribution >= 0.6 is 11.3 Å². The van der Waals surface area contributed by atoms with Crippen LogP contribution in [0.4, 0.5) is 16.3 Å². The van der Waals surface area contributed by atoms with Gasteiger partial charge in [0.1, 0.15) is 10.8 Å². The Balaban J connectivity index is 1.66. The van der Waals surface area contributed by atoms with E-state index in [1.807, 2.05) is 48.7 Å². The van der Waals surface area contributed by atoms with Crippen molar-refractivity contribution in [3.63, 3.8) is 0 Å². The van der Waals surface area contributed by atoms with Gasteiger partial charge in [-0.2, -0.15) is 0 Å². The summed E-state index contributed by atoms with van der Waals surface area (Å²) in [7, 11) is 0. The Morgan fingerprint density at radius 1 is 1.26 bits per heavy atom. The minimum atomic E-state index is -0.147. The lowest BCUT2D eigenvalue weighted by Gasteiger charge is -2.27. The highest BCUT2D eigenvalue weighted by atomic mass is 32.1. The summed E-state index contributed by atoms with van der Waals surface area (Å²) in [4.78, 5) is 22.8. The fourth-order valence-corrected chi connectivity index (χ4v) is 3.40. The van der Waals surface area contributed by atoms with E-state index in [1.54, 1.807) is 11.1 Å². The van der Waals surface area contributed by atoms with Gasteiger partial charge in [-0.3, -0.25) is 9.88 Å². The van der Waals surface area contributed by atoms with Gasteiger partial charge in [0.05, 0.1) is 6.54 Å². The first-order chi connectivity index (χ1) is 11.2. The lowest BCUT2D eigenvalue weighted by Crippen LogP contribution is -2.38. The van der Waals surface area contributed by atoms with Crippen molar-refractivity contribution in [2.75, 3.05) is 10.2 Å². The molecule has 5 nitrogen and oxygen atoms in total. The van der Waals surface area contributed by atoms with Gasteiger partial charge in [-0.05, 0) is 30.7 Å². The summed E-state index contributed by atoms with van der Waals surface area (Å²) in [5.41, 5.74) is 3.92. The highest BCUT2D eigenvalue weighted by molar-refractivity contribution is 7.13. The maximum absolute atomic E-state index is 12.3. The van der Waals surface area contributed by atoms with E-state index in [-0.39, 0.29) is 6.03 Å². The van der Waals surface area contributed by atoms with Crippen molar-refractivity contribution >= 4 is 28.9 Å². The molecule has 0 aliphatic carbocycles. The van der Waals surface area contributed by atoms with Crippen LogP contribution in [0.25, 0.3) is 10.6 Å². The number of nitrogens with zero attached hydrogens (tertiary/aromatic N) is 3. The van der Waals surface area contributed by atoms with Crippen molar-refractivity contribution in [1.29, 1.82) is 0 Å². The number of hydrogen-bond acceptors (Lipinski definition) is 4. The minimum absolute atomic E-state index is 0.147. The van der Waals surface area contributed by atoms with Gasteiger partial charge in [-0.15, -0.1) is 11.3 Å². The van der Waals surface area contributed by atoms with Crippen LogP contribution in [0.1, 0.15) is 11.3 Å². The van der Waals surface area contributed by atoms with Crippen molar-refractivity contribution in [2.45, 2.75) is 13.5 Å². The number of para-hydroxylation sites is 1. The zero-order valence-electron chi connectivity index (χ0n) is 12.5. The van der Waals surface area contributed by atoms with E-state index in [0.717, 1.165) is 27.5 Å². The lowest BCUT2D eigenvalue weighted by atomic mass is 10.1. The fraction of sp³-hybridized carbons (Fsp3) is 0.118. The second-order valence-electron chi connectivity index (χ2n) is 5.37. The second kappa shape index (κ2) is 5.48. The van der Waals surface area contributed by atoms with Crippen molar-refractivity contribution in [3.8, 4) is 10.6 Å². The van der Waals surface area contributed by atoms with Crippen LogP contribution < -0.4 is 10.2 Å². The topological polar surface area (TPSA) is 58.1 Å². The van der Waals surface area contributed by atoms with E-state index in [2.05, 4.69) is 15.3 Å². The molecule has 1 aliphatic heterocycles. The lowest BCUT2D eigenvalue weighted by molar-refractivity contribution is 0.256. The van der Waals surface area contributed by atoms with Crippen molar-refractivity contribution in [3.05, 3.63) is 59.2 Å². The molecule has 0 radical (unpaired) electrons. The number of rotatable bonds is 2. The molecule has 2 aromatic heterocycles. The van der Waals surface area contributed by atoms with Gasteiger partial charge in [0.2, 0.25) is 0 Å². The quantitative estimate of drug-likeness (QED) is 0.774. The number of anilines is 2. The van der Waals surface area contributed by atoms with Crippen LogP contribution in [-0.2, 0) is 6.54 Å². The average molecular weight is 322 g/mol. The summed E-state index contributed by atoms with van der Waals surface area (Å²) in [6, 6.07) is 11.6. The number of amides is 2. The van der Waals surface area contributed by atoms with E-state index in [0.29, 0.717) is 12.4 Å². The molecule has 0 atom stereocenters. The molecule has 0 spiro atoms. The molecule has 1 N–H and O–H groups in total. The molecule has 0 saturated carbocycles. The molecule has 2 amide bonds. The van der Waals surface area contributed by atoms with Gasteiger partial charge in [0.15, 0.2) is 0 Å². The van der Waals surface area contributed by atoms with Gasteiger partial charge in [0.25, 0.3) is 0 Å². The first-order valence-electron chi connectivity index (χ1n) is 7.26. The highest BCUT2D eigenvalue weighted by Crippen LogP contribution is 2.31. The molecule has 1 aromatic carbocycles. The number of thiazole rings is 1. The Kier molecular flexibility index (Phi) is 3.31. The maximum atomic E-state index is 12.3. The van der Waals surface area contributed by atoms with Crippen LogP contribution in [0.3, 0.4) is 0 Å². The Bertz CT molecular complexity index is 890.